The standard InChI is InChI=1S/C21H32O2Si/c1-21(2,3)24(4,5)23-17-12-16-13-20(22)19(18(16)14-17)11-15-9-7-6-8-10-15/h6-10,16-19H,11-14H2,1-5H3/t16-,17-,18-,19+/m0/s1. The van der Waals surface area contributed by atoms with Gasteiger partial charge in [-0.15, -0.1) is 0 Å². The van der Waals surface area contributed by atoms with Gasteiger partial charge in [0.1, 0.15) is 5.78 Å². The highest BCUT2D eigenvalue weighted by Crippen LogP contribution is 2.49. The molecule has 0 aliphatic heterocycles. The van der Waals surface area contributed by atoms with Crippen LogP contribution in [0.15, 0.2) is 30.3 Å². The van der Waals surface area contributed by atoms with Gasteiger partial charge in [-0.3, -0.25) is 4.79 Å². The van der Waals surface area contributed by atoms with E-state index < -0.39 is 8.32 Å². The van der Waals surface area contributed by atoms with E-state index in [1.54, 1.807) is 0 Å². The van der Waals surface area contributed by atoms with E-state index in [1.807, 2.05) is 6.07 Å². The summed E-state index contributed by atoms with van der Waals surface area (Å²) < 4.78 is 6.66. The van der Waals surface area contributed by atoms with Crippen molar-refractivity contribution in [3.05, 3.63) is 35.9 Å². The van der Waals surface area contributed by atoms with Crippen molar-refractivity contribution in [1.82, 2.24) is 0 Å². The quantitative estimate of drug-likeness (QED) is 0.699. The second-order valence-electron chi connectivity index (χ2n) is 9.36. The van der Waals surface area contributed by atoms with E-state index in [0.717, 1.165) is 25.7 Å². The van der Waals surface area contributed by atoms with Crippen molar-refractivity contribution in [2.45, 2.75) is 70.7 Å². The Bertz CT molecular complexity index is 588. The van der Waals surface area contributed by atoms with Gasteiger partial charge in [-0.05, 0) is 54.8 Å². The predicted molar refractivity (Wildman–Crippen MR) is 102 cm³/mol. The summed E-state index contributed by atoms with van der Waals surface area (Å²) in [5, 5.41) is 0.254. The van der Waals surface area contributed by atoms with E-state index in [0.29, 0.717) is 23.7 Å². The second-order valence-corrected chi connectivity index (χ2v) is 14.1. The summed E-state index contributed by atoms with van der Waals surface area (Å²) in [6.07, 6.45) is 4.23. The lowest BCUT2D eigenvalue weighted by molar-refractivity contribution is -0.121. The van der Waals surface area contributed by atoms with Crippen molar-refractivity contribution in [2.24, 2.45) is 17.8 Å². The Hall–Kier alpha value is -0.933. The fraction of sp³-hybridized carbons (Fsp3) is 0.667. The van der Waals surface area contributed by atoms with Gasteiger partial charge in [-0.2, -0.15) is 0 Å². The molecule has 1 aromatic carbocycles. The molecule has 2 aliphatic rings. The summed E-state index contributed by atoms with van der Waals surface area (Å²) in [6, 6.07) is 10.5. The molecular weight excluding hydrogens is 312 g/mol. The minimum atomic E-state index is -1.72. The molecule has 0 saturated heterocycles. The van der Waals surface area contributed by atoms with E-state index in [-0.39, 0.29) is 11.0 Å². The maximum absolute atomic E-state index is 12.5. The Morgan fingerprint density at radius 3 is 2.42 bits per heavy atom. The first-order valence-corrected chi connectivity index (χ1v) is 12.3. The second kappa shape index (κ2) is 6.42. The summed E-state index contributed by atoms with van der Waals surface area (Å²) in [7, 11) is -1.72. The first-order valence-electron chi connectivity index (χ1n) is 9.42. The SMILES string of the molecule is CC(C)(C)[Si](C)(C)O[C@H]1C[C@H]2CC(=O)[C@H](Cc3ccccc3)[C@H]2C1. The number of hydrogen-bond acceptors (Lipinski definition) is 2. The van der Waals surface area contributed by atoms with Gasteiger partial charge in [0.25, 0.3) is 0 Å². The zero-order valence-electron chi connectivity index (χ0n) is 15.8. The van der Waals surface area contributed by atoms with Crippen LogP contribution in [-0.4, -0.2) is 20.2 Å². The molecule has 0 radical (unpaired) electrons. The van der Waals surface area contributed by atoms with Crippen LogP contribution >= 0.6 is 0 Å². The van der Waals surface area contributed by atoms with Crippen LogP contribution in [0.3, 0.4) is 0 Å². The maximum atomic E-state index is 12.5. The molecule has 1 aromatic rings. The maximum Gasteiger partial charge on any atom is 0.192 e. The number of carbonyl (C=O) groups is 1. The number of carbonyl (C=O) groups excluding carboxylic acids is 1. The fourth-order valence-electron chi connectivity index (χ4n) is 4.30. The average molecular weight is 345 g/mol. The molecule has 2 nitrogen and oxygen atoms in total. The third-order valence-electron chi connectivity index (χ3n) is 6.67. The van der Waals surface area contributed by atoms with Crippen molar-refractivity contribution >= 4 is 14.1 Å². The highest BCUT2D eigenvalue weighted by atomic mass is 28.4. The molecule has 0 bridgehead atoms. The minimum absolute atomic E-state index is 0.213. The third-order valence-corrected chi connectivity index (χ3v) is 11.2. The molecule has 2 fully saturated rings. The van der Waals surface area contributed by atoms with E-state index in [1.165, 1.54) is 5.56 Å². The fourth-order valence-corrected chi connectivity index (χ4v) is 5.68. The smallest absolute Gasteiger partial charge is 0.192 e. The molecule has 132 valence electrons. The number of Topliss-reactive ketones (excluding diaryl/α,β-unsaturated/α-hetero) is 1. The molecule has 3 heteroatoms. The molecule has 0 heterocycles. The Morgan fingerprint density at radius 2 is 1.79 bits per heavy atom. The average Bonchev–Trinajstić information content (AvgIpc) is 2.97. The van der Waals surface area contributed by atoms with Gasteiger partial charge in [0.2, 0.25) is 0 Å². The summed E-state index contributed by atoms with van der Waals surface area (Å²) in [6.45, 7) is 11.6. The van der Waals surface area contributed by atoms with Crippen LogP contribution in [0.5, 0.6) is 0 Å². The van der Waals surface area contributed by atoms with Crippen LogP contribution in [-0.2, 0) is 15.6 Å². The van der Waals surface area contributed by atoms with Gasteiger partial charge in [0, 0.05) is 18.4 Å². The van der Waals surface area contributed by atoms with Crippen LogP contribution in [0, 0.1) is 17.8 Å². The van der Waals surface area contributed by atoms with Gasteiger partial charge in [-0.1, -0.05) is 51.1 Å². The Balaban J connectivity index is 1.66. The Kier molecular flexibility index (Phi) is 4.78. The third kappa shape index (κ3) is 3.52. The van der Waals surface area contributed by atoms with E-state index in [4.69, 9.17) is 4.43 Å². The predicted octanol–water partition coefficient (Wildman–Crippen LogP) is 5.23. The highest BCUT2D eigenvalue weighted by Gasteiger charge is 2.50. The Labute approximate surface area is 148 Å². The van der Waals surface area contributed by atoms with Gasteiger partial charge in [-0.25, -0.2) is 0 Å². The molecule has 4 atom stereocenters. The molecule has 3 rings (SSSR count). The zero-order chi connectivity index (χ0) is 17.5. The lowest BCUT2D eigenvalue weighted by atomic mass is 9.87. The summed E-state index contributed by atoms with van der Waals surface area (Å²) in [5.41, 5.74) is 1.30. The van der Waals surface area contributed by atoms with E-state index in [2.05, 4.69) is 58.1 Å². The van der Waals surface area contributed by atoms with Gasteiger partial charge in [0.05, 0.1) is 0 Å². The zero-order valence-corrected chi connectivity index (χ0v) is 16.8. The first kappa shape index (κ1) is 17.9. The van der Waals surface area contributed by atoms with Crippen molar-refractivity contribution in [3.63, 3.8) is 0 Å². The van der Waals surface area contributed by atoms with Gasteiger partial charge >= 0.3 is 0 Å². The molecule has 0 amide bonds. The number of hydrogen-bond donors (Lipinski definition) is 0. The van der Waals surface area contributed by atoms with Crippen molar-refractivity contribution in [2.75, 3.05) is 0 Å². The topological polar surface area (TPSA) is 26.3 Å². The van der Waals surface area contributed by atoms with E-state index in [9.17, 15) is 4.79 Å². The monoisotopic (exact) mass is 344 g/mol. The Morgan fingerprint density at radius 1 is 1.12 bits per heavy atom. The van der Waals surface area contributed by atoms with Crippen LogP contribution in [0.2, 0.25) is 18.1 Å². The molecule has 2 saturated carbocycles. The number of benzene rings is 1. The lowest BCUT2D eigenvalue weighted by Gasteiger charge is -2.38. The molecule has 0 spiro atoms. The molecule has 0 N–H and O–H groups in total. The number of ketones is 1. The van der Waals surface area contributed by atoms with Crippen LogP contribution in [0.25, 0.3) is 0 Å². The van der Waals surface area contributed by atoms with Crippen LogP contribution in [0.1, 0.15) is 45.6 Å². The molecule has 24 heavy (non-hydrogen) atoms. The van der Waals surface area contributed by atoms with Gasteiger partial charge < -0.3 is 4.43 Å². The lowest BCUT2D eigenvalue weighted by Crippen LogP contribution is -2.43. The summed E-state index contributed by atoms with van der Waals surface area (Å²) in [5.74, 6) is 1.79. The summed E-state index contributed by atoms with van der Waals surface area (Å²) >= 11 is 0. The highest BCUT2D eigenvalue weighted by molar-refractivity contribution is 6.74. The molecule has 0 unspecified atom stereocenters. The van der Waals surface area contributed by atoms with Crippen LogP contribution < -0.4 is 0 Å². The normalized spacial score (nSPS) is 30.6. The summed E-state index contributed by atoms with van der Waals surface area (Å²) in [4.78, 5) is 12.5. The molecule has 2 aliphatic carbocycles. The van der Waals surface area contributed by atoms with Crippen molar-refractivity contribution in [1.29, 1.82) is 0 Å². The minimum Gasteiger partial charge on any atom is -0.414 e. The van der Waals surface area contributed by atoms with Gasteiger partial charge in [0.15, 0.2) is 8.32 Å². The number of rotatable bonds is 4. The molecular formula is C21H32O2Si. The first-order chi connectivity index (χ1) is 11.2. The van der Waals surface area contributed by atoms with Crippen molar-refractivity contribution < 1.29 is 9.22 Å². The molecule has 0 aromatic heterocycles. The largest absolute Gasteiger partial charge is 0.414 e. The van der Waals surface area contributed by atoms with E-state index >= 15 is 0 Å². The number of fused-ring (bicyclic) bond motifs is 1. The van der Waals surface area contributed by atoms with Crippen LogP contribution in [0.4, 0.5) is 0 Å². The van der Waals surface area contributed by atoms with Crippen molar-refractivity contribution in [3.8, 4) is 0 Å².